The van der Waals surface area contributed by atoms with Crippen LogP contribution in [-0.4, -0.2) is 37.5 Å². The van der Waals surface area contributed by atoms with Crippen molar-refractivity contribution in [3.8, 4) is 5.75 Å². The van der Waals surface area contributed by atoms with Gasteiger partial charge < -0.3 is 9.47 Å². The number of methoxy groups -OCH3 is 1. The lowest BCUT2D eigenvalue weighted by atomic mass is 10.1. The molecule has 0 saturated carbocycles. The Hall–Kier alpha value is -3.46. The second kappa shape index (κ2) is 10.2. The van der Waals surface area contributed by atoms with E-state index in [1.54, 1.807) is 18.2 Å². The van der Waals surface area contributed by atoms with E-state index in [1.165, 1.54) is 37.5 Å². The minimum Gasteiger partial charge on any atom is -0.493 e. The van der Waals surface area contributed by atoms with Crippen LogP contribution in [0.25, 0.3) is 6.08 Å². The largest absolute Gasteiger partial charge is 0.493 e. The minimum atomic E-state index is -0.878. The molecule has 8 nitrogen and oxygen atoms in total. The predicted molar refractivity (Wildman–Crippen MR) is 121 cm³/mol. The number of unbranched alkanes of at least 4 members (excludes halogenated alkanes) is 1. The minimum absolute atomic E-state index is 0.201. The molecule has 0 unspecified atom stereocenters. The van der Waals surface area contributed by atoms with Crippen LogP contribution in [0.3, 0.4) is 0 Å². The average molecular weight is 501 g/mol. The Balaban J connectivity index is 1.96. The molecule has 1 heterocycles. The number of esters is 1. The molecule has 0 bridgehead atoms. The summed E-state index contributed by atoms with van der Waals surface area (Å²) in [4.78, 5) is 50.5. The van der Waals surface area contributed by atoms with Gasteiger partial charge in [0.15, 0.2) is 0 Å². The number of benzene rings is 2. The Morgan fingerprint density at radius 2 is 1.84 bits per heavy atom. The fourth-order valence-corrected chi connectivity index (χ4v) is 3.38. The van der Waals surface area contributed by atoms with Gasteiger partial charge in [-0.2, -0.15) is 0 Å². The van der Waals surface area contributed by atoms with Crippen LogP contribution < -0.4 is 15.0 Å². The SMILES string of the molecule is CCCCOc1ccc(Br)cc1/C=C1/C(=O)NC(=O)N(c2ccc(C(=O)OC)cc2)C1=O. The average Bonchev–Trinajstić information content (AvgIpc) is 2.78. The number of urea groups is 1. The number of nitrogens with zero attached hydrogens (tertiary/aromatic N) is 1. The van der Waals surface area contributed by atoms with Gasteiger partial charge in [-0.3, -0.25) is 14.9 Å². The maximum absolute atomic E-state index is 13.1. The molecule has 9 heteroatoms. The molecular formula is C23H21BrN2O6. The summed E-state index contributed by atoms with van der Waals surface area (Å²) in [6, 6.07) is 10.1. The number of anilines is 1. The zero-order valence-corrected chi connectivity index (χ0v) is 19.1. The van der Waals surface area contributed by atoms with Crippen molar-refractivity contribution in [2.45, 2.75) is 19.8 Å². The first-order valence-electron chi connectivity index (χ1n) is 9.88. The lowest BCUT2D eigenvalue weighted by Crippen LogP contribution is -2.54. The fourth-order valence-electron chi connectivity index (χ4n) is 3.00. The third kappa shape index (κ3) is 5.05. The fraction of sp³-hybridized carbons (Fsp3) is 0.217. The summed E-state index contributed by atoms with van der Waals surface area (Å²) in [5, 5.41) is 2.18. The molecular weight excluding hydrogens is 480 g/mol. The number of hydrogen-bond donors (Lipinski definition) is 1. The quantitative estimate of drug-likeness (QED) is 0.266. The molecule has 1 fully saturated rings. The molecule has 0 spiro atoms. The van der Waals surface area contributed by atoms with Crippen molar-refractivity contribution >= 4 is 51.5 Å². The highest BCUT2D eigenvalue weighted by Crippen LogP contribution is 2.28. The van der Waals surface area contributed by atoms with Crippen molar-refractivity contribution in [3.05, 3.63) is 63.6 Å². The molecule has 1 N–H and O–H groups in total. The summed E-state index contributed by atoms with van der Waals surface area (Å²) in [5.74, 6) is -1.63. The summed E-state index contributed by atoms with van der Waals surface area (Å²) in [5.41, 5.74) is 0.757. The summed E-state index contributed by atoms with van der Waals surface area (Å²) < 4.78 is 11.2. The molecule has 32 heavy (non-hydrogen) atoms. The van der Waals surface area contributed by atoms with Crippen LogP contribution in [0.2, 0.25) is 0 Å². The summed E-state index contributed by atoms with van der Waals surface area (Å²) in [7, 11) is 1.25. The normalized spacial score (nSPS) is 15.0. The Labute approximate surface area is 193 Å². The summed E-state index contributed by atoms with van der Waals surface area (Å²) in [6.45, 7) is 2.54. The van der Waals surface area contributed by atoms with E-state index in [1.807, 2.05) is 6.92 Å². The van der Waals surface area contributed by atoms with Crippen molar-refractivity contribution in [1.29, 1.82) is 0 Å². The van der Waals surface area contributed by atoms with Crippen molar-refractivity contribution < 1.29 is 28.7 Å². The highest BCUT2D eigenvalue weighted by atomic mass is 79.9. The molecule has 0 radical (unpaired) electrons. The molecule has 1 aliphatic heterocycles. The second-order valence-electron chi connectivity index (χ2n) is 6.88. The highest BCUT2D eigenvalue weighted by Gasteiger charge is 2.37. The zero-order valence-electron chi connectivity index (χ0n) is 17.5. The Morgan fingerprint density at radius 3 is 2.50 bits per heavy atom. The van der Waals surface area contributed by atoms with E-state index in [2.05, 4.69) is 26.0 Å². The van der Waals surface area contributed by atoms with E-state index in [9.17, 15) is 19.2 Å². The molecule has 4 amide bonds. The topological polar surface area (TPSA) is 102 Å². The molecule has 2 aromatic carbocycles. The van der Waals surface area contributed by atoms with Crippen LogP contribution in [0.15, 0.2) is 52.5 Å². The highest BCUT2D eigenvalue weighted by molar-refractivity contribution is 9.10. The lowest BCUT2D eigenvalue weighted by Gasteiger charge is -2.26. The van der Waals surface area contributed by atoms with Crippen LogP contribution >= 0.6 is 15.9 Å². The molecule has 3 rings (SSSR count). The van der Waals surface area contributed by atoms with E-state index in [0.717, 1.165) is 22.2 Å². The van der Waals surface area contributed by atoms with Gasteiger partial charge in [-0.15, -0.1) is 0 Å². The molecule has 2 aromatic rings. The first kappa shape index (κ1) is 23.2. The number of halogens is 1. The van der Waals surface area contributed by atoms with Crippen LogP contribution in [0.5, 0.6) is 5.75 Å². The van der Waals surface area contributed by atoms with E-state index in [4.69, 9.17) is 4.74 Å². The van der Waals surface area contributed by atoms with Gasteiger partial charge >= 0.3 is 12.0 Å². The van der Waals surface area contributed by atoms with E-state index >= 15 is 0 Å². The number of hydrogen-bond acceptors (Lipinski definition) is 6. The first-order chi connectivity index (χ1) is 15.3. The summed E-state index contributed by atoms with van der Waals surface area (Å²) >= 11 is 3.38. The van der Waals surface area contributed by atoms with Crippen molar-refractivity contribution in [2.75, 3.05) is 18.6 Å². The van der Waals surface area contributed by atoms with Crippen LogP contribution in [0.1, 0.15) is 35.7 Å². The Kier molecular flexibility index (Phi) is 7.42. The number of barbiturate groups is 1. The maximum Gasteiger partial charge on any atom is 0.337 e. The number of carbonyl (C=O) groups excluding carboxylic acids is 4. The van der Waals surface area contributed by atoms with Crippen molar-refractivity contribution in [2.24, 2.45) is 0 Å². The number of carbonyl (C=O) groups is 4. The number of amides is 4. The van der Waals surface area contributed by atoms with Gasteiger partial charge in [-0.05, 0) is 55.0 Å². The molecule has 0 aliphatic carbocycles. The molecule has 1 aliphatic rings. The molecule has 166 valence electrons. The van der Waals surface area contributed by atoms with Crippen LogP contribution in [-0.2, 0) is 14.3 Å². The van der Waals surface area contributed by atoms with Crippen LogP contribution in [0, 0.1) is 0 Å². The second-order valence-corrected chi connectivity index (χ2v) is 7.80. The van der Waals surface area contributed by atoms with E-state index < -0.39 is 23.8 Å². The smallest absolute Gasteiger partial charge is 0.337 e. The van der Waals surface area contributed by atoms with E-state index in [0.29, 0.717) is 17.9 Å². The van der Waals surface area contributed by atoms with Gasteiger partial charge in [0, 0.05) is 10.0 Å². The van der Waals surface area contributed by atoms with Crippen molar-refractivity contribution in [3.63, 3.8) is 0 Å². The van der Waals surface area contributed by atoms with Gasteiger partial charge in [-0.25, -0.2) is 14.5 Å². The third-order valence-electron chi connectivity index (χ3n) is 4.68. The monoisotopic (exact) mass is 500 g/mol. The van der Waals surface area contributed by atoms with Crippen LogP contribution in [0.4, 0.5) is 10.5 Å². The first-order valence-corrected chi connectivity index (χ1v) is 10.7. The number of imide groups is 2. The number of nitrogens with one attached hydrogen (secondary N) is 1. The predicted octanol–water partition coefficient (Wildman–Crippen LogP) is 4.08. The van der Waals surface area contributed by atoms with Crippen molar-refractivity contribution in [1.82, 2.24) is 5.32 Å². The maximum atomic E-state index is 13.1. The van der Waals surface area contributed by atoms with Gasteiger partial charge in [0.2, 0.25) is 0 Å². The molecule has 1 saturated heterocycles. The Morgan fingerprint density at radius 1 is 1.12 bits per heavy atom. The molecule has 0 aromatic heterocycles. The van der Waals surface area contributed by atoms with E-state index in [-0.39, 0.29) is 16.8 Å². The third-order valence-corrected chi connectivity index (χ3v) is 5.17. The number of ether oxygens (including phenoxy) is 2. The molecule has 0 atom stereocenters. The van der Waals surface area contributed by atoms with Gasteiger partial charge in [0.25, 0.3) is 11.8 Å². The van der Waals surface area contributed by atoms with Gasteiger partial charge in [0.1, 0.15) is 11.3 Å². The van der Waals surface area contributed by atoms with Gasteiger partial charge in [-0.1, -0.05) is 29.3 Å². The summed E-state index contributed by atoms with van der Waals surface area (Å²) in [6.07, 6.45) is 3.21. The van der Waals surface area contributed by atoms with Gasteiger partial charge in [0.05, 0.1) is 25.0 Å². The Bertz CT molecular complexity index is 1090. The standard InChI is InChI=1S/C23H21BrN2O6/c1-3-4-11-32-19-10-7-16(24)12-15(19)13-18-20(27)25-23(30)26(21(18)28)17-8-5-14(6-9-17)22(29)31-2/h5-10,12-13H,3-4,11H2,1-2H3,(H,25,27,30)/b18-13-. The lowest BCUT2D eigenvalue weighted by molar-refractivity contribution is -0.122. The number of rotatable bonds is 7. The zero-order chi connectivity index (χ0) is 23.3.